The van der Waals surface area contributed by atoms with Crippen molar-refractivity contribution in [1.82, 2.24) is 5.32 Å². The zero-order chi connectivity index (χ0) is 16.8. The molecule has 0 saturated heterocycles. The molecule has 0 heterocycles. The van der Waals surface area contributed by atoms with Gasteiger partial charge in [-0.05, 0) is 18.4 Å². The maximum absolute atomic E-state index is 13.2. The molecule has 2 unspecified atom stereocenters. The Morgan fingerprint density at radius 2 is 1.77 bits per heavy atom. The molecule has 0 fully saturated rings. The van der Waals surface area contributed by atoms with Crippen molar-refractivity contribution >= 4 is 5.91 Å². The molecule has 1 rings (SSSR count). The van der Waals surface area contributed by atoms with Crippen LogP contribution in [-0.2, 0) is 10.4 Å². The first-order valence-electron chi connectivity index (χ1n) is 6.66. The summed E-state index contributed by atoms with van der Waals surface area (Å²) < 4.78 is 39.7. The highest BCUT2D eigenvalue weighted by molar-refractivity contribution is 5.82. The van der Waals surface area contributed by atoms with E-state index in [4.69, 9.17) is 5.11 Å². The normalized spacial score (nSPS) is 15.9. The molecule has 0 bridgehead atoms. The van der Waals surface area contributed by atoms with E-state index in [2.05, 4.69) is 5.32 Å². The average Bonchev–Trinajstić information content (AvgIpc) is 2.49. The number of carbonyl (C=O) groups excluding carboxylic acids is 1. The van der Waals surface area contributed by atoms with Crippen molar-refractivity contribution in [3.63, 3.8) is 0 Å². The first kappa shape index (κ1) is 18.4. The first-order valence-corrected chi connectivity index (χ1v) is 6.66. The number of aliphatic hydroxyl groups is 3. The zero-order valence-electron chi connectivity index (χ0n) is 11.7. The van der Waals surface area contributed by atoms with Crippen molar-refractivity contribution < 1.29 is 33.3 Å². The number of halogens is 3. The molecular formula is C14H18F3NO4. The van der Waals surface area contributed by atoms with E-state index in [1.807, 2.05) is 0 Å². The number of hydrogen-bond acceptors (Lipinski definition) is 4. The standard InChI is InChI=1S/C14H18F3NO4/c15-14(16,17)13(22,10-6-2-1-3-7-10)11(20)12(21)18-8-4-5-9-19/h1-3,6-7,11,19-20,22H,4-5,8-9H2,(H,18,21). The quantitative estimate of drug-likeness (QED) is 0.556. The Bertz CT molecular complexity index is 481. The SMILES string of the molecule is O=C(NCCCCO)C(O)C(O)(c1ccccc1)C(F)(F)F. The Labute approximate surface area is 125 Å². The second-order valence-electron chi connectivity index (χ2n) is 4.75. The summed E-state index contributed by atoms with van der Waals surface area (Å²) in [7, 11) is 0. The number of amides is 1. The number of alkyl halides is 3. The minimum absolute atomic E-state index is 0.0147. The number of carbonyl (C=O) groups is 1. The van der Waals surface area contributed by atoms with E-state index in [0.29, 0.717) is 12.8 Å². The molecule has 1 amide bonds. The van der Waals surface area contributed by atoms with Gasteiger partial charge in [-0.25, -0.2) is 0 Å². The van der Waals surface area contributed by atoms with Crippen molar-refractivity contribution in [1.29, 1.82) is 0 Å². The molecule has 0 spiro atoms. The van der Waals surface area contributed by atoms with Crippen LogP contribution in [0.5, 0.6) is 0 Å². The van der Waals surface area contributed by atoms with Crippen molar-refractivity contribution in [3.05, 3.63) is 35.9 Å². The smallest absolute Gasteiger partial charge is 0.396 e. The van der Waals surface area contributed by atoms with Gasteiger partial charge in [0.15, 0.2) is 6.10 Å². The van der Waals surface area contributed by atoms with E-state index in [1.54, 1.807) is 0 Å². The highest BCUT2D eigenvalue weighted by Gasteiger charge is 2.61. The zero-order valence-corrected chi connectivity index (χ0v) is 11.7. The van der Waals surface area contributed by atoms with Gasteiger partial charge >= 0.3 is 6.18 Å². The molecule has 0 aliphatic heterocycles. The maximum atomic E-state index is 13.2. The van der Waals surface area contributed by atoms with Gasteiger partial charge in [0.05, 0.1) is 0 Å². The van der Waals surface area contributed by atoms with Gasteiger partial charge in [0, 0.05) is 13.2 Å². The number of nitrogens with one attached hydrogen (secondary N) is 1. The third-order valence-electron chi connectivity index (χ3n) is 3.17. The third kappa shape index (κ3) is 3.96. The monoisotopic (exact) mass is 321 g/mol. The summed E-state index contributed by atoms with van der Waals surface area (Å²) in [6.07, 6.45) is -7.25. The van der Waals surface area contributed by atoms with Crippen LogP contribution in [0.15, 0.2) is 30.3 Å². The molecule has 22 heavy (non-hydrogen) atoms. The first-order chi connectivity index (χ1) is 10.2. The van der Waals surface area contributed by atoms with E-state index in [9.17, 15) is 28.2 Å². The Morgan fingerprint density at radius 1 is 1.18 bits per heavy atom. The average molecular weight is 321 g/mol. The van der Waals surface area contributed by atoms with Gasteiger partial charge in [-0.2, -0.15) is 13.2 Å². The van der Waals surface area contributed by atoms with Gasteiger partial charge in [-0.3, -0.25) is 4.79 Å². The molecule has 1 aromatic carbocycles. The van der Waals surface area contributed by atoms with E-state index in [1.165, 1.54) is 18.2 Å². The molecule has 2 atom stereocenters. The Hall–Kier alpha value is -1.64. The molecule has 4 N–H and O–H groups in total. The molecule has 8 heteroatoms. The highest BCUT2D eigenvalue weighted by Crippen LogP contribution is 2.41. The highest BCUT2D eigenvalue weighted by atomic mass is 19.4. The second kappa shape index (κ2) is 7.57. The molecule has 124 valence electrons. The number of rotatable bonds is 7. The van der Waals surface area contributed by atoms with E-state index in [-0.39, 0.29) is 13.2 Å². The summed E-state index contributed by atoms with van der Waals surface area (Å²) >= 11 is 0. The second-order valence-corrected chi connectivity index (χ2v) is 4.75. The number of aliphatic hydroxyl groups excluding tert-OH is 2. The molecule has 0 radical (unpaired) electrons. The van der Waals surface area contributed by atoms with Gasteiger partial charge in [0.2, 0.25) is 5.60 Å². The lowest BCUT2D eigenvalue weighted by Crippen LogP contribution is -2.57. The van der Waals surface area contributed by atoms with Gasteiger partial charge < -0.3 is 20.6 Å². The molecule has 0 saturated carbocycles. The molecule has 5 nitrogen and oxygen atoms in total. The molecule has 1 aromatic rings. The van der Waals surface area contributed by atoms with Gasteiger partial charge in [-0.1, -0.05) is 30.3 Å². The fourth-order valence-electron chi connectivity index (χ4n) is 1.90. The van der Waals surface area contributed by atoms with Crippen molar-refractivity contribution in [3.8, 4) is 0 Å². The maximum Gasteiger partial charge on any atom is 0.424 e. The summed E-state index contributed by atoms with van der Waals surface area (Å²) in [6.45, 7) is -0.131. The fraction of sp³-hybridized carbons (Fsp3) is 0.500. The number of benzene rings is 1. The van der Waals surface area contributed by atoms with Gasteiger partial charge in [0.25, 0.3) is 5.91 Å². The van der Waals surface area contributed by atoms with E-state index < -0.39 is 29.4 Å². The van der Waals surface area contributed by atoms with E-state index in [0.717, 1.165) is 12.1 Å². The number of unbranched alkanes of at least 4 members (excludes halogenated alkanes) is 1. The van der Waals surface area contributed by atoms with Crippen LogP contribution in [0.4, 0.5) is 13.2 Å². The lowest BCUT2D eigenvalue weighted by Gasteiger charge is -2.34. The van der Waals surface area contributed by atoms with Crippen molar-refractivity contribution in [2.45, 2.75) is 30.7 Å². The van der Waals surface area contributed by atoms with Crippen LogP contribution in [0.3, 0.4) is 0 Å². The van der Waals surface area contributed by atoms with Crippen LogP contribution in [0, 0.1) is 0 Å². The predicted molar refractivity (Wildman–Crippen MR) is 71.7 cm³/mol. The predicted octanol–water partition coefficient (Wildman–Crippen LogP) is 0.686. The molecule has 0 aromatic heterocycles. The molecule has 0 aliphatic carbocycles. The minimum atomic E-state index is -5.24. The van der Waals surface area contributed by atoms with Crippen LogP contribution in [-0.4, -0.2) is 46.7 Å². The summed E-state index contributed by atoms with van der Waals surface area (Å²) in [5.41, 5.74) is -4.32. The molecule has 0 aliphatic rings. The third-order valence-corrected chi connectivity index (χ3v) is 3.17. The summed E-state index contributed by atoms with van der Waals surface area (Å²) in [4.78, 5) is 11.7. The largest absolute Gasteiger partial charge is 0.424 e. The summed E-state index contributed by atoms with van der Waals surface area (Å²) in [5.74, 6) is -1.33. The Kier molecular flexibility index (Phi) is 6.34. The Balaban J connectivity index is 2.96. The van der Waals surface area contributed by atoms with Crippen LogP contribution in [0.1, 0.15) is 18.4 Å². The topological polar surface area (TPSA) is 89.8 Å². The van der Waals surface area contributed by atoms with Crippen LogP contribution >= 0.6 is 0 Å². The van der Waals surface area contributed by atoms with Crippen LogP contribution in [0.2, 0.25) is 0 Å². The van der Waals surface area contributed by atoms with Gasteiger partial charge in [-0.15, -0.1) is 0 Å². The minimum Gasteiger partial charge on any atom is -0.396 e. The Morgan fingerprint density at radius 3 is 2.27 bits per heavy atom. The van der Waals surface area contributed by atoms with Crippen LogP contribution < -0.4 is 5.32 Å². The number of hydrogen-bond donors (Lipinski definition) is 4. The van der Waals surface area contributed by atoms with Crippen molar-refractivity contribution in [2.24, 2.45) is 0 Å². The fourth-order valence-corrected chi connectivity index (χ4v) is 1.90. The summed E-state index contributed by atoms with van der Waals surface area (Å²) in [5, 5.41) is 30.4. The lowest BCUT2D eigenvalue weighted by atomic mass is 9.87. The lowest BCUT2D eigenvalue weighted by molar-refractivity contribution is -0.293. The van der Waals surface area contributed by atoms with E-state index >= 15 is 0 Å². The summed E-state index contributed by atoms with van der Waals surface area (Å²) in [6, 6.07) is 5.93. The van der Waals surface area contributed by atoms with Gasteiger partial charge in [0.1, 0.15) is 0 Å². The van der Waals surface area contributed by atoms with Crippen molar-refractivity contribution in [2.75, 3.05) is 13.2 Å². The van der Waals surface area contributed by atoms with Crippen LogP contribution in [0.25, 0.3) is 0 Å². The molecular weight excluding hydrogens is 303 g/mol.